The first-order chi connectivity index (χ1) is 8.40. The first-order valence-corrected chi connectivity index (χ1v) is 5.56. The summed E-state index contributed by atoms with van der Waals surface area (Å²) in [5, 5.41) is 8.56. The second-order valence-electron chi connectivity index (χ2n) is 4.20. The summed E-state index contributed by atoms with van der Waals surface area (Å²) >= 11 is 0. The average Bonchev–Trinajstić information content (AvgIpc) is 2.29. The lowest BCUT2D eigenvalue weighted by atomic mass is 10.1. The lowest BCUT2D eigenvalue weighted by molar-refractivity contribution is -0.144. The van der Waals surface area contributed by atoms with E-state index >= 15 is 0 Å². The van der Waals surface area contributed by atoms with E-state index in [1.807, 2.05) is 32.0 Å². The van der Waals surface area contributed by atoms with E-state index in [0.29, 0.717) is 5.75 Å². The fraction of sp³-hybridized carbons (Fsp3) is 0.385. The van der Waals surface area contributed by atoms with Crippen LogP contribution in [0.4, 0.5) is 0 Å². The zero-order chi connectivity index (χ0) is 13.7. The maximum atomic E-state index is 11.6. The van der Waals surface area contributed by atoms with Gasteiger partial charge in [-0.1, -0.05) is 12.1 Å². The van der Waals surface area contributed by atoms with Crippen LogP contribution in [0.5, 0.6) is 5.75 Å². The molecule has 18 heavy (non-hydrogen) atoms. The fourth-order valence-corrected chi connectivity index (χ4v) is 1.40. The van der Waals surface area contributed by atoms with Crippen molar-refractivity contribution in [1.82, 2.24) is 4.90 Å². The zero-order valence-electron chi connectivity index (χ0n) is 10.8. The van der Waals surface area contributed by atoms with Gasteiger partial charge in [-0.2, -0.15) is 0 Å². The maximum absolute atomic E-state index is 11.6. The van der Waals surface area contributed by atoms with Crippen molar-refractivity contribution in [2.75, 3.05) is 20.2 Å². The van der Waals surface area contributed by atoms with E-state index in [4.69, 9.17) is 9.84 Å². The van der Waals surface area contributed by atoms with Gasteiger partial charge < -0.3 is 14.7 Å². The Morgan fingerprint density at radius 2 is 2.00 bits per heavy atom. The number of carbonyl (C=O) groups is 2. The number of hydrogen-bond donors (Lipinski definition) is 1. The van der Waals surface area contributed by atoms with Crippen LogP contribution in [-0.4, -0.2) is 42.1 Å². The first-order valence-electron chi connectivity index (χ1n) is 5.56. The normalized spacial score (nSPS) is 9.94. The molecule has 5 heteroatoms. The minimum atomic E-state index is -1.04. The summed E-state index contributed by atoms with van der Waals surface area (Å²) in [6.07, 6.45) is 0. The Morgan fingerprint density at radius 1 is 1.33 bits per heavy atom. The van der Waals surface area contributed by atoms with Gasteiger partial charge in [-0.05, 0) is 31.0 Å². The molecule has 0 saturated carbocycles. The van der Waals surface area contributed by atoms with Gasteiger partial charge in [-0.3, -0.25) is 9.59 Å². The van der Waals surface area contributed by atoms with E-state index in [2.05, 4.69) is 0 Å². The molecule has 0 heterocycles. The lowest BCUT2D eigenvalue weighted by Crippen LogP contribution is -2.35. The first kappa shape index (κ1) is 14.0. The van der Waals surface area contributed by atoms with Gasteiger partial charge in [0.05, 0.1) is 0 Å². The highest BCUT2D eigenvalue weighted by molar-refractivity contribution is 5.82. The van der Waals surface area contributed by atoms with Crippen molar-refractivity contribution in [2.45, 2.75) is 13.8 Å². The van der Waals surface area contributed by atoms with Crippen LogP contribution in [0.25, 0.3) is 0 Å². The minimum Gasteiger partial charge on any atom is -0.483 e. The predicted octanol–water partition coefficient (Wildman–Crippen LogP) is 1.23. The number of carboxylic acids is 1. The average molecular weight is 251 g/mol. The van der Waals surface area contributed by atoms with Crippen molar-refractivity contribution in [3.8, 4) is 5.75 Å². The molecule has 1 aromatic rings. The number of aryl methyl sites for hydroxylation is 2. The third kappa shape index (κ3) is 4.08. The Labute approximate surface area is 106 Å². The van der Waals surface area contributed by atoms with Crippen LogP contribution in [0.2, 0.25) is 0 Å². The van der Waals surface area contributed by atoms with Crippen molar-refractivity contribution in [3.05, 3.63) is 29.3 Å². The van der Waals surface area contributed by atoms with Crippen molar-refractivity contribution in [3.63, 3.8) is 0 Å². The van der Waals surface area contributed by atoms with Crippen LogP contribution in [0.3, 0.4) is 0 Å². The Hall–Kier alpha value is -2.04. The Morgan fingerprint density at radius 3 is 2.61 bits per heavy atom. The van der Waals surface area contributed by atoms with Crippen LogP contribution in [0, 0.1) is 13.8 Å². The van der Waals surface area contributed by atoms with E-state index in [9.17, 15) is 9.59 Å². The Kier molecular flexibility index (Phi) is 4.71. The van der Waals surface area contributed by atoms with Crippen molar-refractivity contribution in [1.29, 1.82) is 0 Å². The molecular weight excluding hydrogens is 234 g/mol. The van der Waals surface area contributed by atoms with Gasteiger partial charge in [0, 0.05) is 7.05 Å². The second-order valence-corrected chi connectivity index (χ2v) is 4.20. The molecule has 0 spiro atoms. The summed E-state index contributed by atoms with van der Waals surface area (Å²) in [5.74, 6) is -0.761. The molecule has 1 amide bonds. The van der Waals surface area contributed by atoms with Gasteiger partial charge in [-0.15, -0.1) is 0 Å². The highest BCUT2D eigenvalue weighted by atomic mass is 16.5. The lowest BCUT2D eigenvalue weighted by Gasteiger charge is -2.15. The molecule has 0 bridgehead atoms. The van der Waals surface area contributed by atoms with E-state index in [1.165, 1.54) is 7.05 Å². The molecule has 0 aliphatic carbocycles. The van der Waals surface area contributed by atoms with E-state index in [0.717, 1.165) is 16.0 Å². The summed E-state index contributed by atoms with van der Waals surface area (Å²) in [5.41, 5.74) is 1.98. The monoisotopic (exact) mass is 251 g/mol. The van der Waals surface area contributed by atoms with E-state index in [1.54, 1.807) is 0 Å². The maximum Gasteiger partial charge on any atom is 0.323 e. The van der Waals surface area contributed by atoms with Crippen LogP contribution < -0.4 is 4.74 Å². The quantitative estimate of drug-likeness (QED) is 0.854. The minimum absolute atomic E-state index is 0.159. The number of benzene rings is 1. The molecule has 1 aromatic carbocycles. The SMILES string of the molecule is Cc1ccc(C)c(OCC(=O)N(C)CC(=O)O)c1. The van der Waals surface area contributed by atoms with Gasteiger partial charge in [0.15, 0.2) is 6.61 Å². The van der Waals surface area contributed by atoms with Gasteiger partial charge in [0.2, 0.25) is 0 Å². The summed E-state index contributed by atoms with van der Waals surface area (Å²) in [6.45, 7) is 3.34. The fourth-order valence-electron chi connectivity index (χ4n) is 1.40. The van der Waals surface area contributed by atoms with Crippen LogP contribution >= 0.6 is 0 Å². The number of rotatable bonds is 5. The van der Waals surface area contributed by atoms with E-state index in [-0.39, 0.29) is 19.1 Å². The summed E-state index contributed by atoms with van der Waals surface area (Å²) in [6, 6.07) is 5.72. The number of carboxylic acid groups (broad SMARTS) is 1. The smallest absolute Gasteiger partial charge is 0.323 e. The summed E-state index contributed by atoms with van der Waals surface area (Å²) < 4.78 is 5.40. The standard InChI is InChI=1S/C13H17NO4/c1-9-4-5-10(2)11(6-9)18-8-12(15)14(3)7-13(16)17/h4-6H,7-8H2,1-3H3,(H,16,17). The van der Waals surface area contributed by atoms with Crippen molar-refractivity contribution >= 4 is 11.9 Å². The molecular formula is C13H17NO4. The third-order valence-corrected chi connectivity index (χ3v) is 2.49. The molecule has 0 aromatic heterocycles. The highest BCUT2D eigenvalue weighted by Gasteiger charge is 2.13. The molecule has 1 rings (SSSR count). The van der Waals surface area contributed by atoms with Gasteiger partial charge >= 0.3 is 5.97 Å². The number of aliphatic carboxylic acids is 1. The van der Waals surface area contributed by atoms with Crippen LogP contribution in [0.15, 0.2) is 18.2 Å². The molecule has 0 unspecified atom stereocenters. The third-order valence-electron chi connectivity index (χ3n) is 2.49. The number of amides is 1. The van der Waals surface area contributed by atoms with Gasteiger partial charge in [-0.25, -0.2) is 0 Å². The van der Waals surface area contributed by atoms with E-state index < -0.39 is 5.97 Å². The molecule has 0 aliphatic heterocycles. The number of nitrogens with zero attached hydrogens (tertiary/aromatic N) is 1. The van der Waals surface area contributed by atoms with Crippen LogP contribution in [0.1, 0.15) is 11.1 Å². The molecule has 98 valence electrons. The molecule has 0 aliphatic rings. The molecule has 0 saturated heterocycles. The molecule has 0 radical (unpaired) electrons. The van der Waals surface area contributed by atoms with Gasteiger partial charge in [0.25, 0.3) is 5.91 Å². The summed E-state index contributed by atoms with van der Waals surface area (Å²) in [4.78, 5) is 23.2. The molecule has 5 nitrogen and oxygen atoms in total. The van der Waals surface area contributed by atoms with Gasteiger partial charge in [0.1, 0.15) is 12.3 Å². The van der Waals surface area contributed by atoms with Crippen LogP contribution in [-0.2, 0) is 9.59 Å². The van der Waals surface area contributed by atoms with Crippen molar-refractivity contribution < 1.29 is 19.4 Å². The number of hydrogen-bond acceptors (Lipinski definition) is 3. The topological polar surface area (TPSA) is 66.8 Å². The number of likely N-dealkylation sites (N-methyl/N-ethyl adjacent to an activating group) is 1. The summed E-state index contributed by atoms with van der Waals surface area (Å²) in [7, 11) is 1.43. The predicted molar refractivity (Wildman–Crippen MR) is 66.7 cm³/mol. The zero-order valence-corrected chi connectivity index (χ0v) is 10.8. The second kappa shape index (κ2) is 6.05. The molecule has 0 fully saturated rings. The highest BCUT2D eigenvalue weighted by Crippen LogP contribution is 2.18. The molecule has 0 atom stereocenters. The Balaban J connectivity index is 2.57. The Bertz CT molecular complexity index is 456. The molecule has 1 N–H and O–H groups in total. The van der Waals surface area contributed by atoms with Crippen molar-refractivity contribution in [2.24, 2.45) is 0 Å². The number of ether oxygens (including phenoxy) is 1. The number of carbonyl (C=O) groups excluding carboxylic acids is 1. The largest absolute Gasteiger partial charge is 0.483 e.